The smallest absolute Gasteiger partial charge is 0.236 e. The Bertz CT molecular complexity index is 1170. The summed E-state index contributed by atoms with van der Waals surface area (Å²) >= 11 is 0. The lowest BCUT2D eigenvalue weighted by atomic mass is 10.0. The van der Waals surface area contributed by atoms with Gasteiger partial charge in [0.1, 0.15) is 0 Å². The summed E-state index contributed by atoms with van der Waals surface area (Å²) in [6.45, 7) is 3.87. The Hall–Kier alpha value is -3.67. The first-order valence-electron chi connectivity index (χ1n) is 12.3. The molecule has 0 bridgehead atoms. The summed E-state index contributed by atoms with van der Waals surface area (Å²) in [5.74, 6) is 0.106. The molecule has 0 aliphatic carbocycles. The van der Waals surface area contributed by atoms with E-state index >= 15 is 0 Å². The monoisotopic (exact) mass is 485 g/mol. The maximum atomic E-state index is 13.3. The van der Waals surface area contributed by atoms with Crippen LogP contribution in [-0.2, 0) is 24.3 Å². The van der Waals surface area contributed by atoms with E-state index in [0.29, 0.717) is 31.7 Å². The Labute approximate surface area is 213 Å². The number of fused-ring (bicyclic) bond motifs is 1. The molecule has 0 fully saturated rings. The number of aromatic amines is 1. The van der Waals surface area contributed by atoms with Gasteiger partial charge in [0.25, 0.3) is 0 Å². The van der Waals surface area contributed by atoms with Gasteiger partial charge >= 0.3 is 0 Å². The number of nitrogens with zero attached hydrogens (tertiary/aromatic N) is 6. The highest BCUT2D eigenvalue weighted by Gasteiger charge is 2.30. The van der Waals surface area contributed by atoms with Crippen LogP contribution in [0.3, 0.4) is 0 Å². The van der Waals surface area contributed by atoms with Gasteiger partial charge in [0, 0.05) is 51.2 Å². The van der Waals surface area contributed by atoms with Crippen molar-refractivity contribution in [2.45, 2.75) is 25.6 Å². The fourth-order valence-electron chi connectivity index (χ4n) is 4.67. The highest BCUT2D eigenvalue weighted by atomic mass is 16.2. The lowest BCUT2D eigenvalue weighted by Gasteiger charge is -2.33. The van der Waals surface area contributed by atoms with Crippen LogP contribution >= 0.6 is 0 Å². The van der Waals surface area contributed by atoms with Gasteiger partial charge in [-0.3, -0.25) is 9.69 Å². The minimum atomic E-state index is 0.106. The molecule has 1 N–H and O–H groups in total. The SMILES string of the molecule is CN(C)CCN(C)C(=O)CN1Cc2cc(C#N)ccc2N(Cc2cnc[nH]2)C[C@H]1Cc1ccccc1. The molecule has 1 amide bonds. The Morgan fingerprint density at radius 2 is 1.97 bits per heavy atom. The molecule has 2 heterocycles. The van der Waals surface area contributed by atoms with E-state index in [2.05, 4.69) is 55.0 Å². The first-order chi connectivity index (χ1) is 17.4. The second kappa shape index (κ2) is 11.8. The third kappa shape index (κ3) is 6.51. The number of aromatic nitrogens is 2. The summed E-state index contributed by atoms with van der Waals surface area (Å²) in [6, 6.07) is 18.7. The van der Waals surface area contributed by atoms with E-state index in [4.69, 9.17) is 0 Å². The molecule has 1 aromatic heterocycles. The van der Waals surface area contributed by atoms with Gasteiger partial charge in [-0.2, -0.15) is 5.26 Å². The fourth-order valence-corrected chi connectivity index (χ4v) is 4.67. The van der Waals surface area contributed by atoms with Crippen molar-refractivity contribution in [2.75, 3.05) is 52.2 Å². The average Bonchev–Trinajstić information content (AvgIpc) is 3.35. The van der Waals surface area contributed by atoms with Gasteiger partial charge in [0.05, 0.1) is 36.7 Å². The van der Waals surface area contributed by atoms with Crippen LogP contribution in [-0.4, -0.2) is 83.9 Å². The summed E-state index contributed by atoms with van der Waals surface area (Å²) in [5.41, 5.74) is 5.05. The largest absolute Gasteiger partial charge is 0.364 e. The number of nitriles is 1. The van der Waals surface area contributed by atoms with Crippen molar-refractivity contribution < 1.29 is 4.79 Å². The molecule has 8 nitrogen and oxygen atoms in total. The van der Waals surface area contributed by atoms with Crippen LogP contribution in [0.5, 0.6) is 0 Å². The van der Waals surface area contributed by atoms with Crippen LogP contribution < -0.4 is 4.90 Å². The molecule has 8 heteroatoms. The number of nitrogens with one attached hydrogen (secondary N) is 1. The molecule has 1 aliphatic rings. The number of rotatable bonds is 9. The van der Waals surface area contributed by atoms with Crippen LogP contribution in [0.2, 0.25) is 0 Å². The maximum Gasteiger partial charge on any atom is 0.236 e. The van der Waals surface area contributed by atoms with Gasteiger partial charge in [0.15, 0.2) is 0 Å². The van der Waals surface area contributed by atoms with Crippen LogP contribution in [0.4, 0.5) is 5.69 Å². The molecule has 4 rings (SSSR count). The van der Waals surface area contributed by atoms with Crippen molar-refractivity contribution in [3.8, 4) is 6.07 Å². The maximum absolute atomic E-state index is 13.3. The molecule has 36 heavy (non-hydrogen) atoms. The lowest BCUT2D eigenvalue weighted by molar-refractivity contribution is -0.132. The minimum absolute atomic E-state index is 0.106. The summed E-state index contributed by atoms with van der Waals surface area (Å²) in [6.07, 6.45) is 4.37. The average molecular weight is 486 g/mol. The number of carbonyl (C=O) groups excluding carboxylic acids is 1. The molecular formula is C28H35N7O. The van der Waals surface area contributed by atoms with Crippen molar-refractivity contribution in [2.24, 2.45) is 0 Å². The van der Waals surface area contributed by atoms with Crippen LogP contribution in [0, 0.1) is 11.3 Å². The van der Waals surface area contributed by atoms with Gasteiger partial charge in [-0.1, -0.05) is 30.3 Å². The molecule has 1 aliphatic heterocycles. The van der Waals surface area contributed by atoms with E-state index in [0.717, 1.165) is 36.5 Å². The van der Waals surface area contributed by atoms with Gasteiger partial charge < -0.3 is 19.7 Å². The number of carbonyl (C=O) groups is 1. The summed E-state index contributed by atoms with van der Waals surface area (Å²) in [4.78, 5) is 29.2. The predicted molar refractivity (Wildman–Crippen MR) is 141 cm³/mol. The van der Waals surface area contributed by atoms with Gasteiger partial charge in [-0.25, -0.2) is 4.98 Å². The van der Waals surface area contributed by atoms with Gasteiger partial charge in [0.2, 0.25) is 5.91 Å². The molecule has 2 aromatic carbocycles. The Morgan fingerprint density at radius 1 is 1.17 bits per heavy atom. The first-order valence-corrected chi connectivity index (χ1v) is 12.3. The number of hydrogen-bond donors (Lipinski definition) is 1. The lowest BCUT2D eigenvalue weighted by Crippen LogP contribution is -2.48. The number of H-pyrrole nitrogens is 1. The molecular weight excluding hydrogens is 450 g/mol. The number of likely N-dealkylation sites (N-methyl/N-ethyl adjacent to an activating group) is 2. The topological polar surface area (TPSA) is 82.5 Å². The molecule has 0 radical (unpaired) electrons. The number of hydrogen-bond acceptors (Lipinski definition) is 6. The Kier molecular flexibility index (Phi) is 8.36. The summed E-state index contributed by atoms with van der Waals surface area (Å²) < 4.78 is 0. The normalized spacial score (nSPS) is 15.9. The van der Waals surface area contributed by atoms with Crippen molar-refractivity contribution in [3.05, 3.63) is 83.4 Å². The van der Waals surface area contributed by atoms with Gasteiger partial charge in [-0.05, 0) is 49.8 Å². The van der Waals surface area contributed by atoms with Crippen LogP contribution in [0.25, 0.3) is 0 Å². The number of benzene rings is 2. The Morgan fingerprint density at radius 3 is 2.67 bits per heavy atom. The van der Waals surface area contributed by atoms with Crippen LogP contribution in [0.15, 0.2) is 61.1 Å². The molecule has 3 aromatic rings. The van der Waals surface area contributed by atoms with Gasteiger partial charge in [-0.15, -0.1) is 0 Å². The molecule has 188 valence electrons. The Balaban J connectivity index is 1.66. The molecule has 1 atom stereocenters. The van der Waals surface area contributed by atoms with Crippen LogP contribution in [0.1, 0.15) is 22.4 Å². The summed E-state index contributed by atoms with van der Waals surface area (Å²) in [7, 11) is 5.91. The fraction of sp³-hybridized carbons (Fsp3) is 0.393. The van der Waals surface area contributed by atoms with Crippen molar-refractivity contribution >= 4 is 11.6 Å². The van der Waals surface area contributed by atoms with Crippen molar-refractivity contribution in [1.82, 2.24) is 24.7 Å². The third-order valence-electron chi connectivity index (χ3n) is 6.75. The van der Waals surface area contributed by atoms with E-state index in [1.807, 2.05) is 56.5 Å². The van der Waals surface area contributed by atoms with Crippen molar-refractivity contribution in [1.29, 1.82) is 5.26 Å². The van der Waals surface area contributed by atoms with E-state index in [-0.39, 0.29) is 11.9 Å². The van der Waals surface area contributed by atoms with E-state index in [1.165, 1.54) is 5.56 Å². The second-order valence-corrected chi connectivity index (χ2v) is 9.78. The number of amides is 1. The molecule has 0 saturated carbocycles. The molecule has 0 saturated heterocycles. The standard InChI is InChI=1S/C28H35N7O/c1-32(2)11-12-33(3)28(36)20-34-17-24-13-23(15-29)9-10-27(24)35(18-25-16-30-21-31-25)19-26(34)14-22-7-5-4-6-8-22/h4-10,13,16,21,26H,11-12,14,17-20H2,1-3H3,(H,30,31)/t26-/m1/s1. The van der Waals surface area contributed by atoms with E-state index in [1.54, 1.807) is 6.33 Å². The zero-order valence-corrected chi connectivity index (χ0v) is 21.4. The van der Waals surface area contributed by atoms with E-state index in [9.17, 15) is 10.1 Å². The molecule has 0 spiro atoms. The predicted octanol–water partition coefficient (Wildman–Crippen LogP) is 2.73. The zero-order chi connectivity index (χ0) is 25.5. The highest BCUT2D eigenvalue weighted by Crippen LogP contribution is 2.30. The zero-order valence-electron chi connectivity index (χ0n) is 21.4. The summed E-state index contributed by atoms with van der Waals surface area (Å²) in [5, 5.41) is 9.56. The second-order valence-electron chi connectivity index (χ2n) is 9.78. The third-order valence-corrected chi connectivity index (χ3v) is 6.75. The molecule has 0 unspecified atom stereocenters. The number of anilines is 1. The van der Waals surface area contributed by atoms with E-state index < -0.39 is 0 Å². The first kappa shape index (κ1) is 25.4. The minimum Gasteiger partial charge on any atom is -0.364 e. The van der Waals surface area contributed by atoms with Crippen molar-refractivity contribution in [3.63, 3.8) is 0 Å². The number of imidazole rings is 1. The highest BCUT2D eigenvalue weighted by molar-refractivity contribution is 5.78. The quantitative estimate of drug-likeness (QED) is 0.502.